The molecule has 10 aliphatic heterocycles. The molecule has 10 atom stereocenters. The number of aromatic hydroxyl groups is 30. The summed E-state index contributed by atoms with van der Waals surface area (Å²) in [7, 11) is 0. The van der Waals surface area contributed by atoms with Gasteiger partial charge in [-0.1, -0.05) is 0 Å². The van der Waals surface area contributed by atoms with Crippen molar-refractivity contribution in [1.82, 2.24) is 0 Å². The Morgan fingerprint density at radius 3 is 0.729 bits per heavy atom. The number of aliphatic hydroxyl groups excluding tert-OH is 1. The van der Waals surface area contributed by atoms with Gasteiger partial charge in [0.15, 0.2) is 164 Å². The number of cyclic esters (lactones) is 2. The maximum atomic E-state index is 16.8. The van der Waals surface area contributed by atoms with Crippen LogP contribution in [0, 0.1) is 0 Å². The second kappa shape index (κ2) is 28.4. The first-order valence-corrected chi connectivity index (χ1v) is 37.2. The minimum atomic E-state index is -3.66. The average Bonchev–Trinajstić information content (AvgIpc) is 1.44. The van der Waals surface area contributed by atoms with Gasteiger partial charge in [-0.2, -0.15) is 0 Å². The third-order valence-electron chi connectivity index (χ3n) is 23.4. The van der Waals surface area contributed by atoms with Crippen LogP contribution in [0.1, 0.15) is 132 Å². The number of hydrogen-bond donors (Lipinski definition) is 31. The lowest BCUT2D eigenvalue weighted by Gasteiger charge is -2.43. The lowest BCUT2D eigenvalue weighted by atomic mass is 9.72. The number of phenolic OH excluding ortho intramolecular Hbond substituents is 30. The Labute approximate surface area is 726 Å². The molecule has 133 heavy (non-hydrogen) atoms. The summed E-state index contributed by atoms with van der Waals surface area (Å²) >= 11 is 0. The standard InChI is InChI=1S/C82H50O51/c83-13-1-8-20(46(93)41(13)88)21-9(2-14(84)42(89)47(21)94)76(117)128-67-18(6-124-73(8)114)126-74(115)10-3-15(85)43(90)48(95)22(10)26-36-28(54(101)62(109)52(26)99)29-38-33(59(106)65(112)55(29)102)34(69(130-79(38)120)71(67)132-80(36)121)32-35-25(51(98)64(111)58(32)105)24-12(5-17(87)45(92)50(24)97)77(118)129-68-19(7-125-78(35)119)127-75(116)11-4-16(86)44(91)49(96)23(11)27-37-30(56(103)63(110)53(27)100)31-39-40(60(107)66(113)57(31)104)61(108)70(131-82(39)123)72(68)133-81(37)122/h1-5,18-19,34,61,67-72,83-113H,6-7H2/t18-,19-,34+,61+,67-,68-,69+,70+,71+,72+/m1/s1. The van der Waals surface area contributed by atoms with Crippen LogP contribution in [-0.2, 0) is 47.4 Å². The summed E-state index contributed by atoms with van der Waals surface area (Å²) in [5.41, 5.74) is -42.6. The van der Waals surface area contributed by atoms with Gasteiger partial charge in [0, 0.05) is 83.5 Å². The molecule has 0 aromatic heterocycles. The molecule has 10 aromatic carbocycles. The lowest BCUT2D eigenvalue weighted by Crippen LogP contribution is -2.56. The van der Waals surface area contributed by atoms with E-state index < -0.39 is 445 Å². The number of carbonyl (C=O) groups is 10. The van der Waals surface area contributed by atoms with Crippen molar-refractivity contribution >= 4 is 59.7 Å². The third kappa shape index (κ3) is 11.3. The number of fused-ring (bicyclic) bond motifs is 14. The van der Waals surface area contributed by atoms with E-state index in [-0.39, 0.29) is 30.3 Å². The molecule has 51 nitrogen and oxygen atoms in total. The molecule has 10 heterocycles. The Kier molecular flexibility index (Phi) is 18.1. The molecule has 0 amide bonds. The van der Waals surface area contributed by atoms with Gasteiger partial charge < -0.3 is 206 Å². The predicted octanol–water partition coefficient (Wildman–Crippen LogP) is 3.05. The van der Waals surface area contributed by atoms with Gasteiger partial charge in [0.1, 0.15) is 19.3 Å². The van der Waals surface area contributed by atoms with Gasteiger partial charge in [0.25, 0.3) is 0 Å². The molecule has 0 aliphatic carbocycles. The molecule has 31 N–H and O–H groups in total. The number of hydrogen-bond acceptors (Lipinski definition) is 51. The second-order valence-corrected chi connectivity index (χ2v) is 30.3. The monoisotopic (exact) mass is 1850 g/mol. The molecule has 51 heteroatoms. The molecule has 0 radical (unpaired) electrons. The van der Waals surface area contributed by atoms with E-state index in [0.29, 0.717) is 0 Å². The van der Waals surface area contributed by atoms with Crippen molar-refractivity contribution in [3.63, 3.8) is 0 Å². The molecular formula is C82H50O51. The molecule has 12 bridgehead atoms. The van der Waals surface area contributed by atoms with Gasteiger partial charge in [-0.15, -0.1) is 0 Å². The zero-order chi connectivity index (χ0) is 96.3. The first-order chi connectivity index (χ1) is 62.6. The Balaban J connectivity index is 0.956. The molecule has 0 unspecified atom stereocenters. The van der Waals surface area contributed by atoms with E-state index in [1.165, 1.54) is 0 Å². The predicted molar refractivity (Wildman–Crippen MR) is 409 cm³/mol. The average molecular weight is 1850 g/mol. The zero-order valence-electron chi connectivity index (χ0n) is 64.6. The van der Waals surface area contributed by atoms with Gasteiger partial charge >= 0.3 is 59.7 Å². The molecule has 0 fully saturated rings. The molecule has 0 saturated carbocycles. The largest absolute Gasteiger partial charge is 0.504 e. The highest BCUT2D eigenvalue weighted by atomic mass is 16.7. The summed E-state index contributed by atoms with van der Waals surface area (Å²) in [5, 5.41) is 369. The molecule has 10 aromatic rings. The molecular weight excluding hydrogens is 1800 g/mol. The van der Waals surface area contributed by atoms with E-state index >= 15 is 38.4 Å². The van der Waals surface area contributed by atoms with Crippen molar-refractivity contribution < 1.29 is 254 Å². The summed E-state index contributed by atoms with van der Waals surface area (Å²) in [6, 6.07) is 0.454. The normalized spacial score (nSPS) is 20.8. The Morgan fingerprint density at radius 1 is 0.180 bits per heavy atom. The van der Waals surface area contributed by atoms with Crippen molar-refractivity contribution in [1.29, 1.82) is 0 Å². The number of phenols is 30. The maximum Gasteiger partial charge on any atom is 0.340 e. The zero-order valence-corrected chi connectivity index (χ0v) is 64.6. The van der Waals surface area contributed by atoms with Crippen LogP contribution in [0.25, 0.3) is 66.8 Å². The Hall–Kier alpha value is -19.1. The summed E-state index contributed by atoms with van der Waals surface area (Å²) in [5.74, 6) is -84.2. The van der Waals surface area contributed by atoms with Gasteiger partial charge in [0.2, 0.25) is 57.5 Å². The van der Waals surface area contributed by atoms with Crippen molar-refractivity contribution in [3.8, 4) is 239 Å². The number of aliphatic hydroxyl groups is 1. The summed E-state index contributed by atoms with van der Waals surface area (Å²) in [6.07, 6.45) is -30.1. The van der Waals surface area contributed by atoms with Gasteiger partial charge in [-0.3, -0.25) is 0 Å². The molecule has 20 rings (SSSR count). The summed E-state index contributed by atoms with van der Waals surface area (Å²) < 4.78 is 58.6. The number of carbonyl (C=O) groups excluding carboxylic acids is 10. The van der Waals surface area contributed by atoms with E-state index in [0.717, 1.165) is 0 Å². The van der Waals surface area contributed by atoms with Crippen LogP contribution < -0.4 is 0 Å². The summed E-state index contributed by atoms with van der Waals surface area (Å²) in [4.78, 5) is 159. The fourth-order valence-electron chi connectivity index (χ4n) is 17.5. The van der Waals surface area contributed by atoms with Crippen LogP contribution in [-0.4, -0.2) is 280 Å². The second-order valence-electron chi connectivity index (χ2n) is 30.3. The highest BCUT2D eigenvalue weighted by Gasteiger charge is 2.61. The molecule has 0 spiro atoms. The van der Waals surface area contributed by atoms with Crippen molar-refractivity contribution in [2.45, 2.75) is 60.9 Å². The minimum absolute atomic E-state index is 0.0437. The van der Waals surface area contributed by atoms with Crippen LogP contribution in [0.3, 0.4) is 0 Å². The van der Waals surface area contributed by atoms with E-state index in [4.69, 9.17) is 47.4 Å². The number of rotatable bonds is 1. The number of benzene rings is 10. The highest BCUT2D eigenvalue weighted by Crippen LogP contribution is 2.68. The molecule has 10 aliphatic rings. The lowest BCUT2D eigenvalue weighted by molar-refractivity contribution is -0.154. The van der Waals surface area contributed by atoms with Crippen LogP contribution in [0.2, 0.25) is 0 Å². The fraction of sp³-hybridized carbons (Fsp3) is 0.146. The topological polar surface area (TPSA) is 890 Å². The van der Waals surface area contributed by atoms with Crippen LogP contribution in [0.5, 0.6) is 172 Å². The fourth-order valence-corrected chi connectivity index (χ4v) is 17.5. The van der Waals surface area contributed by atoms with E-state index in [9.17, 15) is 168 Å². The molecule has 0 saturated heterocycles. The highest BCUT2D eigenvalue weighted by molar-refractivity contribution is 6.20. The Bertz CT molecular complexity index is 7280. The van der Waals surface area contributed by atoms with Crippen LogP contribution in [0.15, 0.2) is 30.3 Å². The SMILES string of the molecule is O=C1OC[C@H]2OC(=O)c3cc(O)c(O)c(O)c3-c3c(O)c(O)c(O)c4c3C(=O)O[C@H]([C@H]3OC(=O)c5c-4c(O)c(O)c(O)c5[C@@H]3c3c(O)c(O)c(O)c4c3C(=O)OC[C@H]3OC(=O)c5cc(O)c(O)c(O)c5-c5c(O)c(O)c(O)c6c5C(=O)O[C@H]([C@H]5OC(=O)c7c-6c(O)c(O)c(O)c7[C@@H]5O)[C@@H]3OC(=O)c3cc(O)c(O)c(O)c3-4)[C@@H]2OC(=O)c2cc(O)c(O)c(O)c2-c2c1cc(O)c(O)c2O. The van der Waals surface area contributed by atoms with Crippen LogP contribution >= 0.6 is 0 Å². The minimum Gasteiger partial charge on any atom is -0.504 e. The van der Waals surface area contributed by atoms with E-state index in [1.54, 1.807) is 0 Å². The smallest absolute Gasteiger partial charge is 0.340 e. The van der Waals surface area contributed by atoms with E-state index in [1.807, 2.05) is 0 Å². The van der Waals surface area contributed by atoms with Crippen molar-refractivity contribution in [3.05, 3.63) is 103 Å². The maximum absolute atomic E-state index is 16.8. The van der Waals surface area contributed by atoms with Crippen LogP contribution in [0.4, 0.5) is 0 Å². The van der Waals surface area contributed by atoms with Crippen molar-refractivity contribution in [2.24, 2.45) is 0 Å². The van der Waals surface area contributed by atoms with Crippen molar-refractivity contribution in [2.75, 3.05) is 13.2 Å². The van der Waals surface area contributed by atoms with E-state index in [2.05, 4.69) is 0 Å². The van der Waals surface area contributed by atoms with Gasteiger partial charge in [-0.25, -0.2) is 47.9 Å². The molecule has 684 valence electrons. The third-order valence-corrected chi connectivity index (χ3v) is 23.4. The first kappa shape index (κ1) is 84.7. The quantitative estimate of drug-likeness (QED) is 0.0638. The van der Waals surface area contributed by atoms with Gasteiger partial charge in [-0.05, 0) is 30.3 Å². The van der Waals surface area contributed by atoms with Gasteiger partial charge in [0.05, 0.1) is 61.6 Å². The Morgan fingerprint density at radius 2 is 0.391 bits per heavy atom. The first-order valence-electron chi connectivity index (χ1n) is 37.2. The number of ether oxygens (including phenoxy) is 10. The number of esters is 10. The summed E-state index contributed by atoms with van der Waals surface area (Å²) in [6.45, 7) is -4.22.